The molecule has 6 heteroatoms. The highest BCUT2D eigenvalue weighted by Crippen LogP contribution is 2.38. The first-order valence-electron chi connectivity index (χ1n) is 6.03. The number of hydrogen-bond acceptors (Lipinski definition) is 4. The van der Waals surface area contributed by atoms with Gasteiger partial charge in [-0.15, -0.1) is 5.10 Å². The third-order valence-corrected chi connectivity index (χ3v) is 3.34. The Hall–Kier alpha value is -2.24. The summed E-state index contributed by atoms with van der Waals surface area (Å²) < 4.78 is 1.76. The lowest BCUT2D eigenvalue weighted by molar-refractivity contribution is 0.736. The van der Waals surface area contributed by atoms with Crippen molar-refractivity contribution in [2.45, 2.75) is 18.8 Å². The Labute approximate surface area is 103 Å². The van der Waals surface area contributed by atoms with E-state index in [-0.39, 0.29) is 0 Å². The number of aromatic nitrogens is 6. The molecular weight excluding hydrogens is 228 g/mol. The van der Waals surface area contributed by atoms with Crippen LogP contribution in [0.5, 0.6) is 0 Å². The number of H-pyrrole nitrogens is 1. The molecule has 90 valence electrons. The van der Waals surface area contributed by atoms with E-state index in [0.717, 1.165) is 28.2 Å². The topological polar surface area (TPSA) is 72.3 Å². The number of benzene rings is 1. The standard InChI is InChI=1S/C12H12N6/c1-18-10-5-4-8(6-9(10)14-17-18)12-13-11(15-16-12)7-2-3-7/h4-7H,2-3H2,1H3,(H,13,15,16). The molecule has 1 aliphatic rings. The van der Waals surface area contributed by atoms with Crippen LogP contribution in [0.25, 0.3) is 22.4 Å². The number of fused-ring (bicyclic) bond motifs is 1. The van der Waals surface area contributed by atoms with E-state index in [0.29, 0.717) is 5.92 Å². The van der Waals surface area contributed by atoms with Crippen LogP contribution >= 0.6 is 0 Å². The van der Waals surface area contributed by atoms with Crippen molar-refractivity contribution in [3.63, 3.8) is 0 Å². The largest absolute Gasteiger partial charge is 0.262 e. The van der Waals surface area contributed by atoms with Crippen LogP contribution < -0.4 is 0 Å². The smallest absolute Gasteiger partial charge is 0.181 e. The van der Waals surface area contributed by atoms with Crippen molar-refractivity contribution in [3.8, 4) is 11.4 Å². The van der Waals surface area contributed by atoms with Crippen molar-refractivity contribution in [1.29, 1.82) is 0 Å². The normalized spacial score (nSPS) is 15.4. The van der Waals surface area contributed by atoms with Gasteiger partial charge in [-0.2, -0.15) is 5.10 Å². The van der Waals surface area contributed by atoms with E-state index >= 15 is 0 Å². The highest BCUT2D eigenvalue weighted by atomic mass is 15.4. The van der Waals surface area contributed by atoms with Crippen LogP contribution in [0.15, 0.2) is 18.2 Å². The van der Waals surface area contributed by atoms with Crippen LogP contribution in [0.1, 0.15) is 24.6 Å². The molecule has 0 aliphatic heterocycles. The molecule has 0 amide bonds. The summed E-state index contributed by atoms with van der Waals surface area (Å²) in [5.74, 6) is 2.33. The Morgan fingerprint density at radius 1 is 1.33 bits per heavy atom. The molecule has 2 heterocycles. The van der Waals surface area contributed by atoms with Gasteiger partial charge >= 0.3 is 0 Å². The number of nitrogens with one attached hydrogen (secondary N) is 1. The number of nitrogens with zero attached hydrogens (tertiary/aromatic N) is 5. The maximum Gasteiger partial charge on any atom is 0.181 e. The fourth-order valence-corrected chi connectivity index (χ4v) is 2.12. The first-order chi connectivity index (χ1) is 8.81. The van der Waals surface area contributed by atoms with E-state index in [2.05, 4.69) is 25.5 Å². The molecule has 1 fully saturated rings. The van der Waals surface area contributed by atoms with Gasteiger partial charge in [0.1, 0.15) is 11.3 Å². The molecule has 2 aromatic heterocycles. The summed E-state index contributed by atoms with van der Waals surface area (Å²) >= 11 is 0. The van der Waals surface area contributed by atoms with Gasteiger partial charge in [0.2, 0.25) is 0 Å². The number of hydrogen-bond donors (Lipinski definition) is 1. The van der Waals surface area contributed by atoms with E-state index in [1.54, 1.807) is 4.68 Å². The lowest BCUT2D eigenvalue weighted by Crippen LogP contribution is -1.89. The van der Waals surface area contributed by atoms with Gasteiger partial charge in [-0.1, -0.05) is 5.21 Å². The number of aryl methyl sites for hydroxylation is 1. The minimum absolute atomic E-state index is 0.589. The second-order valence-corrected chi connectivity index (χ2v) is 4.74. The van der Waals surface area contributed by atoms with Gasteiger partial charge in [-0.05, 0) is 31.0 Å². The van der Waals surface area contributed by atoms with Crippen LogP contribution in [-0.4, -0.2) is 30.2 Å². The van der Waals surface area contributed by atoms with Gasteiger partial charge in [0.05, 0.1) is 5.52 Å². The Kier molecular flexibility index (Phi) is 1.83. The van der Waals surface area contributed by atoms with Crippen LogP contribution in [-0.2, 0) is 7.05 Å². The average molecular weight is 240 g/mol. The molecule has 0 radical (unpaired) electrons. The highest BCUT2D eigenvalue weighted by molar-refractivity contribution is 5.79. The SMILES string of the molecule is Cn1nnc2cc(-c3n[nH]c(C4CC4)n3)ccc21. The molecule has 0 saturated heterocycles. The van der Waals surface area contributed by atoms with E-state index in [4.69, 9.17) is 0 Å². The minimum Gasteiger partial charge on any atom is -0.262 e. The van der Waals surface area contributed by atoms with Crippen molar-refractivity contribution < 1.29 is 0 Å². The molecule has 6 nitrogen and oxygen atoms in total. The van der Waals surface area contributed by atoms with Crippen LogP contribution in [0, 0.1) is 0 Å². The summed E-state index contributed by atoms with van der Waals surface area (Å²) in [7, 11) is 1.88. The maximum atomic E-state index is 4.53. The lowest BCUT2D eigenvalue weighted by atomic mass is 10.2. The second kappa shape index (κ2) is 3.38. The van der Waals surface area contributed by atoms with Crippen LogP contribution in [0.3, 0.4) is 0 Å². The first kappa shape index (κ1) is 9.76. The summed E-state index contributed by atoms with van der Waals surface area (Å²) in [4.78, 5) is 4.53. The number of rotatable bonds is 2. The van der Waals surface area contributed by atoms with Gasteiger partial charge < -0.3 is 0 Å². The second-order valence-electron chi connectivity index (χ2n) is 4.74. The zero-order valence-corrected chi connectivity index (χ0v) is 9.96. The molecule has 1 N–H and O–H groups in total. The maximum absolute atomic E-state index is 4.53. The van der Waals surface area contributed by atoms with Crippen molar-refractivity contribution in [3.05, 3.63) is 24.0 Å². The van der Waals surface area contributed by atoms with Gasteiger partial charge in [0, 0.05) is 18.5 Å². The van der Waals surface area contributed by atoms with E-state index in [1.165, 1.54) is 12.8 Å². The number of aromatic amines is 1. The summed E-state index contributed by atoms with van der Waals surface area (Å²) in [6, 6.07) is 5.98. The predicted molar refractivity (Wildman–Crippen MR) is 65.9 cm³/mol. The molecule has 1 aliphatic carbocycles. The summed E-state index contributed by atoms with van der Waals surface area (Å²) in [6.45, 7) is 0. The lowest BCUT2D eigenvalue weighted by Gasteiger charge is -1.95. The molecular formula is C12H12N6. The molecule has 0 bridgehead atoms. The minimum atomic E-state index is 0.589. The fourth-order valence-electron chi connectivity index (χ4n) is 2.12. The first-order valence-corrected chi connectivity index (χ1v) is 6.03. The molecule has 1 aromatic carbocycles. The van der Waals surface area contributed by atoms with E-state index in [9.17, 15) is 0 Å². The van der Waals surface area contributed by atoms with E-state index < -0.39 is 0 Å². The summed E-state index contributed by atoms with van der Waals surface area (Å²) in [6.07, 6.45) is 2.44. The van der Waals surface area contributed by atoms with Crippen LogP contribution in [0.2, 0.25) is 0 Å². The van der Waals surface area contributed by atoms with Gasteiger partial charge in [-0.25, -0.2) is 9.67 Å². The molecule has 1 saturated carbocycles. The molecule has 3 aromatic rings. The third-order valence-electron chi connectivity index (χ3n) is 3.34. The predicted octanol–water partition coefficient (Wildman–Crippen LogP) is 1.63. The molecule has 0 spiro atoms. The molecule has 4 rings (SSSR count). The molecule has 18 heavy (non-hydrogen) atoms. The Bertz CT molecular complexity index is 721. The fraction of sp³-hybridized carbons (Fsp3) is 0.333. The van der Waals surface area contributed by atoms with Crippen molar-refractivity contribution in [2.24, 2.45) is 7.05 Å². The summed E-state index contributed by atoms with van der Waals surface area (Å²) in [5.41, 5.74) is 2.86. The molecule has 0 atom stereocenters. The average Bonchev–Trinajstić information content (AvgIpc) is 3.01. The van der Waals surface area contributed by atoms with Crippen molar-refractivity contribution in [2.75, 3.05) is 0 Å². The van der Waals surface area contributed by atoms with Gasteiger partial charge in [0.25, 0.3) is 0 Å². The monoisotopic (exact) mass is 240 g/mol. The van der Waals surface area contributed by atoms with Crippen LogP contribution in [0.4, 0.5) is 0 Å². The van der Waals surface area contributed by atoms with E-state index in [1.807, 2.05) is 25.2 Å². The Morgan fingerprint density at radius 3 is 3.06 bits per heavy atom. The summed E-state index contributed by atoms with van der Waals surface area (Å²) in [5, 5.41) is 15.4. The molecule has 0 unspecified atom stereocenters. The van der Waals surface area contributed by atoms with Crippen molar-refractivity contribution >= 4 is 11.0 Å². The quantitative estimate of drug-likeness (QED) is 0.739. The van der Waals surface area contributed by atoms with Crippen molar-refractivity contribution in [1.82, 2.24) is 30.2 Å². The third kappa shape index (κ3) is 1.42. The van der Waals surface area contributed by atoms with Gasteiger partial charge in [-0.3, -0.25) is 5.10 Å². The Balaban J connectivity index is 1.80. The zero-order chi connectivity index (χ0) is 12.1. The highest BCUT2D eigenvalue weighted by Gasteiger charge is 2.27. The zero-order valence-electron chi connectivity index (χ0n) is 9.96. The van der Waals surface area contributed by atoms with Gasteiger partial charge in [0.15, 0.2) is 5.82 Å². The Morgan fingerprint density at radius 2 is 2.22 bits per heavy atom.